The number of likely N-dealkylation sites (N-methyl/N-ethyl adjacent to an activating group) is 1. The van der Waals surface area contributed by atoms with E-state index in [1.807, 2.05) is 0 Å². The lowest BCUT2D eigenvalue weighted by molar-refractivity contribution is -0.116. The highest BCUT2D eigenvalue weighted by molar-refractivity contribution is 5.97. The van der Waals surface area contributed by atoms with Gasteiger partial charge in [0, 0.05) is 30.8 Å². The first-order valence-corrected chi connectivity index (χ1v) is 8.21. The van der Waals surface area contributed by atoms with Crippen LogP contribution in [0, 0.1) is 0 Å². The van der Waals surface area contributed by atoms with Crippen molar-refractivity contribution < 1.29 is 9.59 Å². The van der Waals surface area contributed by atoms with E-state index in [0.717, 1.165) is 19.6 Å². The second-order valence-corrected chi connectivity index (χ2v) is 5.30. The van der Waals surface area contributed by atoms with Crippen LogP contribution in [-0.2, 0) is 4.79 Å². The largest absolute Gasteiger partial charge is 0.351 e. The van der Waals surface area contributed by atoms with Crippen LogP contribution in [0.5, 0.6) is 0 Å². The Kier molecular flexibility index (Phi) is 8.94. The maximum Gasteiger partial charge on any atom is 0.251 e. The summed E-state index contributed by atoms with van der Waals surface area (Å²) in [5, 5.41) is 5.68. The Morgan fingerprint density at radius 3 is 2.61 bits per heavy atom. The zero-order valence-corrected chi connectivity index (χ0v) is 14.1. The molecular formula is C17H28N4O2. The van der Waals surface area contributed by atoms with Gasteiger partial charge in [-0.2, -0.15) is 0 Å². The van der Waals surface area contributed by atoms with Gasteiger partial charge in [-0.1, -0.05) is 19.9 Å². The maximum absolute atomic E-state index is 12.2. The predicted octanol–water partition coefficient (Wildman–Crippen LogP) is 1.44. The van der Waals surface area contributed by atoms with Crippen LogP contribution >= 0.6 is 0 Å². The molecule has 1 aromatic rings. The van der Waals surface area contributed by atoms with Crippen molar-refractivity contribution >= 4 is 17.5 Å². The van der Waals surface area contributed by atoms with E-state index in [0.29, 0.717) is 37.2 Å². The fourth-order valence-corrected chi connectivity index (χ4v) is 2.19. The van der Waals surface area contributed by atoms with Crippen molar-refractivity contribution in [2.75, 3.05) is 38.0 Å². The summed E-state index contributed by atoms with van der Waals surface area (Å²) in [7, 11) is 0. The molecule has 4 N–H and O–H groups in total. The third-order valence-corrected chi connectivity index (χ3v) is 3.62. The van der Waals surface area contributed by atoms with Crippen molar-refractivity contribution in [3.05, 3.63) is 29.8 Å². The summed E-state index contributed by atoms with van der Waals surface area (Å²) in [6.07, 6.45) is 1.04. The van der Waals surface area contributed by atoms with E-state index in [4.69, 9.17) is 5.73 Å². The summed E-state index contributed by atoms with van der Waals surface area (Å²) in [6.45, 7) is 8.06. The SMILES string of the molecule is CCN(CC)CCNC(=O)c1cccc(NC(=O)CCCN)c1. The Hall–Kier alpha value is -1.92. The molecule has 0 atom stereocenters. The number of carbonyl (C=O) groups excluding carboxylic acids is 2. The molecule has 2 amide bonds. The summed E-state index contributed by atoms with van der Waals surface area (Å²) in [4.78, 5) is 26.1. The Labute approximate surface area is 138 Å². The molecule has 1 aromatic carbocycles. The number of amides is 2. The van der Waals surface area contributed by atoms with Gasteiger partial charge in [0.2, 0.25) is 5.91 Å². The van der Waals surface area contributed by atoms with Crippen LogP contribution in [-0.4, -0.2) is 49.4 Å². The number of nitrogens with two attached hydrogens (primary N) is 1. The molecule has 0 aliphatic rings. The minimum Gasteiger partial charge on any atom is -0.351 e. The summed E-state index contributed by atoms with van der Waals surface area (Å²) in [5.74, 6) is -0.218. The first-order valence-electron chi connectivity index (χ1n) is 8.21. The molecule has 1 rings (SSSR count). The van der Waals surface area contributed by atoms with Gasteiger partial charge in [-0.25, -0.2) is 0 Å². The zero-order valence-electron chi connectivity index (χ0n) is 14.1. The minimum atomic E-state index is -0.129. The van der Waals surface area contributed by atoms with Gasteiger partial charge >= 0.3 is 0 Å². The Balaban J connectivity index is 2.51. The average Bonchev–Trinajstić information content (AvgIpc) is 2.57. The van der Waals surface area contributed by atoms with Crippen molar-refractivity contribution in [2.45, 2.75) is 26.7 Å². The van der Waals surface area contributed by atoms with Gasteiger partial charge in [0.05, 0.1) is 0 Å². The number of hydrogen-bond donors (Lipinski definition) is 3. The first-order chi connectivity index (χ1) is 11.1. The normalized spacial score (nSPS) is 10.6. The third-order valence-electron chi connectivity index (χ3n) is 3.62. The second kappa shape index (κ2) is 10.7. The van der Waals surface area contributed by atoms with Crippen molar-refractivity contribution in [1.82, 2.24) is 10.2 Å². The van der Waals surface area contributed by atoms with E-state index in [2.05, 4.69) is 29.4 Å². The highest BCUT2D eigenvalue weighted by Crippen LogP contribution is 2.11. The molecule has 0 aliphatic carbocycles. The van der Waals surface area contributed by atoms with Crippen LogP contribution in [0.4, 0.5) is 5.69 Å². The Morgan fingerprint density at radius 1 is 1.22 bits per heavy atom. The van der Waals surface area contributed by atoms with E-state index >= 15 is 0 Å². The van der Waals surface area contributed by atoms with E-state index in [1.165, 1.54) is 0 Å². The van der Waals surface area contributed by atoms with Gasteiger partial charge in [0.1, 0.15) is 0 Å². The van der Waals surface area contributed by atoms with Gasteiger partial charge in [0.15, 0.2) is 0 Å². The Bertz CT molecular complexity index is 501. The third kappa shape index (κ3) is 7.25. The molecule has 128 valence electrons. The molecular weight excluding hydrogens is 292 g/mol. The number of anilines is 1. The zero-order chi connectivity index (χ0) is 17.1. The van der Waals surface area contributed by atoms with Crippen LogP contribution in [0.2, 0.25) is 0 Å². The highest BCUT2D eigenvalue weighted by Gasteiger charge is 2.08. The fraction of sp³-hybridized carbons (Fsp3) is 0.529. The number of nitrogens with one attached hydrogen (secondary N) is 2. The molecule has 0 spiro atoms. The average molecular weight is 320 g/mol. The van der Waals surface area contributed by atoms with Crippen LogP contribution in [0.1, 0.15) is 37.0 Å². The standard InChI is InChI=1S/C17H28N4O2/c1-3-21(4-2)12-11-19-17(23)14-7-5-8-15(13-14)20-16(22)9-6-10-18/h5,7-8,13H,3-4,6,9-12,18H2,1-2H3,(H,19,23)(H,20,22). The molecule has 0 aromatic heterocycles. The molecule has 0 saturated heterocycles. The summed E-state index contributed by atoms with van der Waals surface area (Å²) < 4.78 is 0. The van der Waals surface area contributed by atoms with Gasteiger partial charge in [-0.15, -0.1) is 0 Å². The maximum atomic E-state index is 12.2. The summed E-state index contributed by atoms with van der Waals surface area (Å²) >= 11 is 0. The van der Waals surface area contributed by atoms with E-state index in [1.54, 1.807) is 24.3 Å². The monoisotopic (exact) mass is 320 g/mol. The molecule has 0 fully saturated rings. The number of hydrogen-bond acceptors (Lipinski definition) is 4. The van der Waals surface area contributed by atoms with Crippen molar-refractivity contribution in [3.8, 4) is 0 Å². The number of nitrogens with zero attached hydrogens (tertiary/aromatic N) is 1. The van der Waals surface area contributed by atoms with E-state index < -0.39 is 0 Å². The molecule has 0 unspecified atom stereocenters. The molecule has 23 heavy (non-hydrogen) atoms. The van der Waals surface area contributed by atoms with Gasteiger partial charge in [-0.05, 0) is 44.3 Å². The van der Waals surface area contributed by atoms with Gasteiger partial charge in [-0.3, -0.25) is 9.59 Å². The molecule has 0 heterocycles. The lowest BCUT2D eigenvalue weighted by Crippen LogP contribution is -2.34. The predicted molar refractivity (Wildman–Crippen MR) is 93.5 cm³/mol. The van der Waals surface area contributed by atoms with E-state index in [9.17, 15) is 9.59 Å². The number of benzene rings is 1. The number of rotatable bonds is 10. The van der Waals surface area contributed by atoms with Gasteiger partial charge in [0.25, 0.3) is 5.91 Å². The molecule has 0 aliphatic heterocycles. The Morgan fingerprint density at radius 2 is 1.96 bits per heavy atom. The van der Waals surface area contributed by atoms with Crippen LogP contribution < -0.4 is 16.4 Å². The quantitative estimate of drug-likeness (QED) is 0.609. The molecule has 0 radical (unpaired) electrons. The number of carbonyl (C=O) groups is 2. The minimum absolute atomic E-state index is 0.0884. The summed E-state index contributed by atoms with van der Waals surface area (Å²) in [6, 6.07) is 6.96. The van der Waals surface area contributed by atoms with Crippen molar-refractivity contribution in [2.24, 2.45) is 5.73 Å². The smallest absolute Gasteiger partial charge is 0.251 e. The fourth-order valence-electron chi connectivity index (χ4n) is 2.19. The van der Waals surface area contributed by atoms with E-state index in [-0.39, 0.29) is 11.8 Å². The highest BCUT2D eigenvalue weighted by atomic mass is 16.2. The molecule has 0 saturated carbocycles. The molecule has 6 nitrogen and oxygen atoms in total. The van der Waals surface area contributed by atoms with Gasteiger partial charge < -0.3 is 21.3 Å². The van der Waals surface area contributed by atoms with Crippen LogP contribution in [0.15, 0.2) is 24.3 Å². The molecule has 0 bridgehead atoms. The first kappa shape index (κ1) is 19.1. The summed E-state index contributed by atoms with van der Waals surface area (Å²) in [5.41, 5.74) is 6.56. The second-order valence-electron chi connectivity index (χ2n) is 5.30. The molecule has 6 heteroatoms. The van der Waals surface area contributed by atoms with Crippen molar-refractivity contribution in [1.29, 1.82) is 0 Å². The lowest BCUT2D eigenvalue weighted by Gasteiger charge is -2.18. The lowest BCUT2D eigenvalue weighted by atomic mass is 10.2. The topological polar surface area (TPSA) is 87.5 Å². The van der Waals surface area contributed by atoms with Crippen LogP contribution in [0.25, 0.3) is 0 Å². The van der Waals surface area contributed by atoms with Crippen LogP contribution in [0.3, 0.4) is 0 Å². The van der Waals surface area contributed by atoms with Crippen molar-refractivity contribution in [3.63, 3.8) is 0 Å².